The van der Waals surface area contributed by atoms with Gasteiger partial charge >= 0.3 is 0 Å². The molecule has 0 amide bonds. The second-order valence-electron chi connectivity index (χ2n) is 4.11. The maximum atomic E-state index is 5.53. The third kappa shape index (κ3) is 2.23. The number of rotatable bonds is 5. The highest BCUT2D eigenvalue weighted by molar-refractivity contribution is 5.55. The van der Waals surface area contributed by atoms with Crippen molar-refractivity contribution >= 4 is 0 Å². The molecule has 1 aromatic carbocycles. The van der Waals surface area contributed by atoms with Gasteiger partial charge < -0.3 is 14.3 Å². The summed E-state index contributed by atoms with van der Waals surface area (Å²) in [6.45, 7) is 0.614. The Morgan fingerprint density at radius 3 is 2.53 bits per heavy atom. The number of fused-ring (bicyclic) bond motifs is 1. The van der Waals surface area contributed by atoms with Gasteiger partial charge in [-0.25, -0.2) is 0 Å². The molecule has 1 aliphatic carbocycles. The van der Waals surface area contributed by atoms with Crippen molar-refractivity contribution in [2.24, 2.45) is 0 Å². The summed E-state index contributed by atoms with van der Waals surface area (Å²) in [6.07, 6.45) is 3.31. The van der Waals surface area contributed by atoms with E-state index in [-0.39, 0.29) is 0 Å². The van der Waals surface area contributed by atoms with E-state index in [1.807, 2.05) is 6.07 Å². The van der Waals surface area contributed by atoms with Crippen LogP contribution in [0.15, 0.2) is 6.07 Å². The number of benzene rings is 1. The van der Waals surface area contributed by atoms with E-state index >= 15 is 0 Å². The van der Waals surface area contributed by atoms with Crippen LogP contribution in [0.1, 0.15) is 23.1 Å². The second kappa shape index (κ2) is 5.38. The molecule has 4 heteroatoms. The normalized spacial score (nSPS) is 13.6. The summed E-state index contributed by atoms with van der Waals surface area (Å²) >= 11 is 0. The van der Waals surface area contributed by atoms with Gasteiger partial charge in [0.1, 0.15) is 11.5 Å². The van der Waals surface area contributed by atoms with Crippen LogP contribution >= 0.6 is 0 Å². The van der Waals surface area contributed by atoms with E-state index in [4.69, 9.17) is 14.3 Å². The van der Waals surface area contributed by atoms with Gasteiger partial charge in [-0.1, -0.05) is 0 Å². The van der Waals surface area contributed by atoms with Gasteiger partial charge in [-0.2, -0.15) is 5.48 Å². The molecule has 0 heterocycles. The van der Waals surface area contributed by atoms with Crippen LogP contribution in [0.3, 0.4) is 0 Å². The maximum Gasteiger partial charge on any atom is 0.127 e. The molecule has 0 unspecified atom stereocenters. The molecule has 1 aliphatic rings. The van der Waals surface area contributed by atoms with Gasteiger partial charge in [-0.3, -0.25) is 0 Å². The summed E-state index contributed by atoms with van der Waals surface area (Å²) in [7, 11) is 5.04. The van der Waals surface area contributed by atoms with Crippen LogP contribution in [0.4, 0.5) is 0 Å². The van der Waals surface area contributed by atoms with Gasteiger partial charge in [0.05, 0.1) is 21.3 Å². The monoisotopic (exact) mass is 237 g/mol. The predicted octanol–water partition coefficient (Wildman–Crippen LogP) is 1.84. The number of hydrogen-bond acceptors (Lipinski definition) is 4. The summed E-state index contributed by atoms with van der Waals surface area (Å²) in [6, 6.07) is 2.04. The highest BCUT2D eigenvalue weighted by atomic mass is 16.6. The Balaban J connectivity index is 2.43. The van der Waals surface area contributed by atoms with Crippen LogP contribution in [-0.2, 0) is 24.2 Å². The molecule has 0 aromatic heterocycles. The Morgan fingerprint density at radius 2 is 1.88 bits per heavy atom. The standard InChI is InChI=1S/C13H19NO3/c1-15-12-7-9(8-14-17-3)13(16-2)11-6-4-5-10(11)12/h7,14H,4-6,8H2,1-3H3. The van der Waals surface area contributed by atoms with E-state index in [9.17, 15) is 0 Å². The first-order valence-electron chi connectivity index (χ1n) is 5.83. The van der Waals surface area contributed by atoms with Gasteiger partial charge in [-0.15, -0.1) is 0 Å². The van der Waals surface area contributed by atoms with Crippen molar-refractivity contribution < 1.29 is 14.3 Å². The molecule has 0 bridgehead atoms. The minimum absolute atomic E-state index is 0.614. The topological polar surface area (TPSA) is 39.7 Å². The van der Waals surface area contributed by atoms with Crippen molar-refractivity contribution in [3.63, 3.8) is 0 Å². The lowest BCUT2D eigenvalue weighted by atomic mass is 10.0. The Bertz CT molecular complexity index is 404. The molecule has 0 spiro atoms. The van der Waals surface area contributed by atoms with E-state index in [1.165, 1.54) is 17.5 Å². The second-order valence-corrected chi connectivity index (χ2v) is 4.11. The number of hydroxylamine groups is 1. The van der Waals surface area contributed by atoms with Crippen molar-refractivity contribution in [1.29, 1.82) is 0 Å². The number of nitrogens with one attached hydrogen (secondary N) is 1. The van der Waals surface area contributed by atoms with E-state index in [0.29, 0.717) is 6.54 Å². The first kappa shape index (κ1) is 12.2. The van der Waals surface area contributed by atoms with Crippen LogP contribution in [-0.4, -0.2) is 21.3 Å². The quantitative estimate of drug-likeness (QED) is 0.793. The Labute approximate surface area is 102 Å². The van der Waals surface area contributed by atoms with E-state index in [0.717, 1.165) is 29.9 Å². The Morgan fingerprint density at radius 1 is 1.12 bits per heavy atom. The third-order valence-corrected chi connectivity index (χ3v) is 3.22. The van der Waals surface area contributed by atoms with Crippen LogP contribution < -0.4 is 15.0 Å². The zero-order valence-corrected chi connectivity index (χ0v) is 10.6. The minimum Gasteiger partial charge on any atom is -0.496 e. The molecule has 1 N–H and O–H groups in total. The lowest BCUT2D eigenvalue weighted by molar-refractivity contribution is 0.0860. The highest BCUT2D eigenvalue weighted by Gasteiger charge is 2.23. The molecule has 4 nitrogen and oxygen atoms in total. The predicted molar refractivity (Wildman–Crippen MR) is 65.4 cm³/mol. The molecular weight excluding hydrogens is 218 g/mol. The van der Waals surface area contributed by atoms with Crippen LogP contribution in [0.2, 0.25) is 0 Å². The minimum atomic E-state index is 0.614. The molecule has 0 atom stereocenters. The first-order valence-corrected chi connectivity index (χ1v) is 5.83. The maximum absolute atomic E-state index is 5.53. The van der Waals surface area contributed by atoms with Crippen molar-refractivity contribution in [1.82, 2.24) is 5.48 Å². The van der Waals surface area contributed by atoms with E-state index in [1.54, 1.807) is 21.3 Å². The summed E-state index contributed by atoms with van der Waals surface area (Å²) in [5.41, 5.74) is 6.51. The fraction of sp³-hybridized carbons (Fsp3) is 0.538. The third-order valence-electron chi connectivity index (χ3n) is 3.22. The SMILES string of the molecule is CONCc1cc(OC)c2c(c1OC)CCC2. The molecule has 0 fully saturated rings. The van der Waals surface area contributed by atoms with Crippen molar-refractivity contribution in [3.8, 4) is 11.5 Å². The lowest BCUT2D eigenvalue weighted by Crippen LogP contribution is -2.12. The summed E-state index contributed by atoms with van der Waals surface area (Å²) in [5, 5.41) is 0. The summed E-state index contributed by atoms with van der Waals surface area (Å²) in [4.78, 5) is 4.89. The zero-order valence-electron chi connectivity index (χ0n) is 10.6. The zero-order chi connectivity index (χ0) is 12.3. The Hall–Kier alpha value is -1.26. The number of hydrogen-bond donors (Lipinski definition) is 1. The molecule has 94 valence electrons. The fourth-order valence-corrected chi connectivity index (χ4v) is 2.49. The fourth-order valence-electron chi connectivity index (χ4n) is 2.49. The van der Waals surface area contributed by atoms with Crippen LogP contribution in [0.25, 0.3) is 0 Å². The highest BCUT2D eigenvalue weighted by Crippen LogP contribution is 2.39. The van der Waals surface area contributed by atoms with Crippen LogP contribution in [0, 0.1) is 0 Å². The lowest BCUT2D eigenvalue weighted by Gasteiger charge is -2.16. The van der Waals surface area contributed by atoms with E-state index < -0.39 is 0 Å². The van der Waals surface area contributed by atoms with Crippen LogP contribution in [0.5, 0.6) is 11.5 Å². The summed E-state index contributed by atoms with van der Waals surface area (Å²) < 4.78 is 11.0. The average molecular weight is 237 g/mol. The Kier molecular flexibility index (Phi) is 3.86. The summed E-state index contributed by atoms with van der Waals surface area (Å²) in [5.74, 6) is 1.94. The van der Waals surface area contributed by atoms with Gasteiger partial charge in [-0.05, 0) is 25.3 Å². The van der Waals surface area contributed by atoms with Crippen molar-refractivity contribution in [2.75, 3.05) is 21.3 Å². The molecular formula is C13H19NO3. The molecule has 0 radical (unpaired) electrons. The first-order chi connectivity index (χ1) is 8.31. The number of methoxy groups -OCH3 is 2. The molecule has 0 saturated carbocycles. The average Bonchev–Trinajstić information content (AvgIpc) is 2.83. The van der Waals surface area contributed by atoms with E-state index in [2.05, 4.69) is 5.48 Å². The molecule has 0 aliphatic heterocycles. The number of ether oxygens (including phenoxy) is 2. The molecule has 0 saturated heterocycles. The molecule has 17 heavy (non-hydrogen) atoms. The smallest absolute Gasteiger partial charge is 0.127 e. The van der Waals surface area contributed by atoms with Gasteiger partial charge in [0, 0.05) is 23.2 Å². The van der Waals surface area contributed by atoms with Gasteiger partial charge in [0.25, 0.3) is 0 Å². The molecule has 2 rings (SSSR count). The largest absolute Gasteiger partial charge is 0.496 e. The van der Waals surface area contributed by atoms with Crippen molar-refractivity contribution in [2.45, 2.75) is 25.8 Å². The van der Waals surface area contributed by atoms with Gasteiger partial charge in [0.15, 0.2) is 0 Å². The molecule has 1 aromatic rings. The van der Waals surface area contributed by atoms with Gasteiger partial charge in [0.2, 0.25) is 0 Å². The van der Waals surface area contributed by atoms with Crippen molar-refractivity contribution in [3.05, 3.63) is 22.8 Å².